The van der Waals surface area contributed by atoms with E-state index in [1.165, 1.54) is 0 Å². The van der Waals surface area contributed by atoms with Gasteiger partial charge in [-0.15, -0.1) is 24.0 Å². The van der Waals surface area contributed by atoms with Crippen molar-refractivity contribution in [3.8, 4) is 5.75 Å². The fourth-order valence-electron chi connectivity index (χ4n) is 2.51. The van der Waals surface area contributed by atoms with E-state index in [-0.39, 0.29) is 30.6 Å². The molecule has 0 saturated heterocycles. The van der Waals surface area contributed by atoms with Gasteiger partial charge in [0.1, 0.15) is 5.75 Å². The van der Waals surface area contributed by atoms with E-state index in [1.807, 2.05) is 61.3 Å². The van der Waals surface area contributed by atoms with Crippen molar-refractivity contribution in [2.45, 2.75) is 20.0 Å². The highest BCUT2D eigenvalue weighted by atomic mass is 127. The van der Waals surface area contributed by atoms with Gasteiger partial charge in [0.2, 0.25) is 0 Å². The number of benzene rings is 2. The van der Waals surface area contributed by atoms with E-state index in [4.69, 9.17) is 22.1 Å². The van der Waals surface area contributed by atoms with Crippen LogP contribution in [0.15, 0.2) is 53.5 Å². The summed E-state index contributed by atoms with van der Waals surface area (Å²) in [4.78, 5) is 17.6. The molecule has 0 unspecified atom stereocenters. The quantitative estimate of drug-likeness (QED) is 0.320. The Bertz CT molecular complexity index is 801. The monoisotopic (exact) mass is 516 g/mol. The van der Waals surface area contributed by atoms with E-state index in [0.717, 1.165) is 28.7 Å². The van der Waals surface area contributed by atoms with E-state index < -0.39 is 5.91 Å². The number of guanidine groups is 1. The molecule has 0 radical (unpaired) electrons. The summed E-state index contributed by atoms with van der Waals surface area (Å²) < 4.78 is 5.34. The normalized spacial score (nSPS) is 10.8. The molecule has 152 valence electrons. The highest BCUT2D eigenvalue weighted by Crippen LogP contribution is 2.15. The van der Waals surface area contributed by atoms with Gasteiger partial charge in [0.25, 0.3) is 5.91 Å². The molecular weight excluding hydrogens is 491 g/mol. The Balaban J connectivity index is 0.00000392. The summed E-state index contributed by atoms with van der Waals surface area (Å²) in [6.45, 7) is 3.82. The molecule has 2 aromatic rings. The first kappa shape index (κ1) is 24.0. The van der Waals surface area contributed by atoms with Crippen molar-refractivity contribution in [2.75, 3.05) is 20.2 Å². The summed E-state index contributed by atoms with van der Waals surface area (Å²) >= 11 is 6.07. The van der Waals surface area contributed by atoms with Crippen molar-refractivity contribution in [3.05, 3.63) is 64.7 Å². The van der Waals surface area contributed by atoms with E-state index >= 15 is 0 Å². The molecule has 0 aliphatic carbocycles. The lowest BCUT2D eigenvalue weighted by Crippen LogP contribution is -2.38. The maximum absolute atomic E-state index is 10.8. The minimum absolute atomic E-state index is 0. The maximum Gasteiger partial charge on any atom is 0.255 e. The molecule has 0 aliphatic rings. The Morgan fingerprint density at radius 2 is 1.93 bits per heavy atom. The molecule has 0 saturated carbocycles. The third-order valence-corrected chi connectivity index (χ3v) is 3.93. The number of halogens is 2. The molecule has 0 bridgehead atoms. The van der Waals surface area contributed by atoms with E-state index in [0.29, 0.717) is 18.8 Å². The lowest BCUT2D eigenvalue weighted by molar-refractivity contribution is -0.119. The van der Waals surface area contributed by atoms with E-state index in [9.17, 15) is 4.79 Å². The minimum atomic E-state index is -0.504. The number of primary amides is 1. The van der Waals surface area contributed by atoms with Gasteiger partial charge in [-0.25, -0.2) is 4.99 Å². The number of amides is 1. The summed E-state index contributed by atoms with van der Waals surface area (Å²) in [6.07, 6.45) is 0. The summed E-state index contributed by atoms with van der Waals surface area (Å²) in [7, 11) is 1.98. The van der Waals surface area contributed by atoms with Crippen molar-refractivity contribution in [1.82, 2.24) is 10.2 Å². The zero-order valence-corrected chi connectivity index (χ0v) is 19.1. The molecule has 3 N–H and O–H groups in total. The molecule has 1 amide bonds. The molecule has 0 aliphatic heterocycles. The Labute approximate surface area is 188 Å². The van der Waals surface area contributed by atoms with Gasteiger partial charge in [-0.05, 0) is 42.3 Å². The highest BCUT2D eigenvalue weighted by molar-refractivity contribution is 14.0. The van der Waals surface area contributed by atoms with Crippen LogP contribution < -0.4 is 15.8 Å². The topological polar surface area (TPSA) is 80.0 Å². The number of carbonyl (C=O) groups excluding carboxylic acids is 1. The number of nitrogens with two attached hydrogens (primary N) is 1. The molecule has 0 spiro atoms. The smallest absolute Gasteiger partial charge is 0.255 e. The van der Waals surface area contributed by atoms with E-state index in [1.54, 1.807) is 6.07 Å². The molecular formula is C20H26ClIN4O2. The second-order valence-corrected chi connectivity index (χ2v) is 6.49. The summed E-state index contributed by atoms with van der Waals surface area (Å²) in [5.74, 6) is 0.884. The number of aliphatic imine (C=N–C) groups is 1. The maximum atomic E-state index is 10.8. The van der Waals surface area contributed by atoms with Crippen molar-refractivity contribution in [1.29, 1.82) is 0 Å². The highest BCUT2D eigenvalue weighted by Gasteiger charge is 2.07. The number of ether oxygens (including phenoxy) is 1. The van der Waals surface area contributed by atoms with Crippen LogP contribution in [-0.4, -0.2) is 37.0 Å². The first-order valence-corrected chi connectivity index (χ1v) is 9.09. The van der Waals surface area contributed by atoms with Crippen LogP contribution in [0.5, 0.6) is 5.75 Å². The van der Waals surface area contributed by atoms with Crippen molar-refractivity contribution in [2.24, 2.45) is 10.7 Å². The van der Waals surface area contributed by atoms with Crippen LogP contribution in [0.1, 0.15) is 18.1 Å². The number of nitrogens with zero attached hydrogens (tertiary/aromatic N) is 2. The fraction of sp³-hybridized carbons (Fsp3) is 0.300. The molecule has 6 nitrogen and oxygen atoms in total. The minimum Gasteiger partial charge on any atom is -0.484 e. The van der Waals surface area contributed by atoms with Gasteiger partial charge in [0, 0.05) is 25.2 Å². The predicted molar refractivity (Wildman–Crippen MR) is 124 cm³/mol. The number of rotatable bonds is 8. The molecule has 8 heteroatoms. The Morgan fingerprint density at radius 1 is 1.21 bits per heavy atom. The largest absolute Gasteiger partial charge is 0.484 e. The van der Waals surface area contributed by atoms with Gasteiger partial charge in [-0.2, -0.15) is 0 Å². The Hall–Kier alpha value is -2.00. The van der Waals surface area contributed by atoms with Gasteiger partial charge in [0.15, 0.2) is 12.6 Å². The van der Waals surface area contributed by atoms with Crippen LogP contribution >= 0.6 is 35.6 Å². The van der Waals surface area contributed by atoms with Gasteiger partial charge in [-0.3, -0.25) is 4.79 Å². The number of hydrogen-bond acceptors (Lipinski definition) is 3. The second-order valence-electron chi connectivity index (χ2n) is 6.06. The van der Waals surface area contributed by atoms with Gasteiger partial charge in [-0.1, -0.05) is 35.9 Å². The second kappa shape index (κ2) is 12.5. The van der Waals surface area contributed by atoms with Crippen LogP contribution in [0, 0.1) is 0 Å². The van der Waals surface area contributed by atoms with Crippen LogP contribution in [0.3, 0.4) is 0 Å². The molecule has 2 aromatic carbocycles. The lowest BCUT2D eigenvalue weighted by Gasteiger charge is -2.22. The molecule has 28 heavy (non-hydrogen) atoms. The first-order valence-electron chi connectivity index (χ1n) is 8.72. The Kier molecular flexibility index (Phi) is 10.7. The fourth-order valence-corrected chi connectivity index (χ4v) is 2.72. The van der Waals surface area contributed by atoms with Gasteiger partial charge < -0.3 is 20.7 Å². The molecule has 0 heterocycles. The molecule has 0 fully saturated rings. The summed E-state index contributed by atoms with van der Waals surface area (Å²) in [5, 5.41) is 4.01. The molecule has 2 rings (SSSR count). The third kappa shape index (κ3) is 8.35. The zero-order valence-electron chi connectivity index (χ0n) is 16.0. The van der Waals surface area contributed by atoms with Gasteiger partial charge in [0.05, 0.1) is 6.54 Å². The average molecular weight is 517 g/mol. The summed E-state index contributed by atoms with van der Waals surface area (Å²) in [6, 6.07) is 15.2. The molecule has 0 aromatic heterocycles. The zero-order chi connectivity index (χ0) is 19.6. The number of carbonyl (C=O) groups is 1. The average Bonchev–Trinajstić information content (AvgIpc) is 2.63. The first-order chi connectivity index (χ1) is 13.0. The number of hydrogen-bond donors (Lipinski definition) is 2. The number of nitrogens with one attached hydrogen (secondary N) is 1. The van der Waals surface area contributed by atoms with Crippen molar-refractivity contribution < 1.29 is 9.53 Å². The SMILES string of the molecule is CCNC(=NCc1cccc(OCC(N)=O)c1)N(C)Cc1cccc(Cl)c1.I. The standard InChI is InChI=1S/C20H25ClN4O2.HI/c1-3-23-20(25(2)13-16-7-4-8-17(21)10-16)24-12-15-6-5-9-18(11-15)27-14-19(22)26;/h4-11H,3,12-14H2,1-2H3,(H2,22,26)(H,23,24);1H. The van der Waals surface area contributed by atoms with Crippen LogP contribution in [0.25, 0.3) is 0 Å². The van der Waals surface area contributed by atoms with Crippen LogP contribution in [0.2, 0.25) is 5.02 Å². The van der Waals surface area contributed by atoms with E-state index in [2.05, 4.69) is 10.3 Å². The lowest BCUT2D eigenvalue weighted by atomic mass is 10.2. The van der Waals surface area contributed by atoms with Crippen molar-refractivity contribution >= 4 is 47.4 Å². The third-order valence-electron chi connectivity index (χ3n) is 3.70. The van der Waals surface area contributed by atoms with Crippen LogP contribution in [0.4, 0.5) is 0 Å². The Morgan fingerprint density at radius 3 is 2.61 bits per heavy atom. The van der Waals surface area contributed by atoms with Crippen LogP contribution in [-0.2, 0) is 17.9 Å². The summed E-state index contributed by atoms with van der Waals surface area (Å²) in [5.41, 5.74) is 7.19. The van der Waals surface area contributed by atoms with Crippen molar-refractivity contribution in [3.63, 3.8) is 0 Å². The molecule has 0 atom stereocenters. The van der Waals surface area contributed by atoms with Gasteiger partial charge >= 0.3 is 0 Å². The predicted octanol–water partition coefficient (Wildman–Crippen LogP) is 3.42.